The zero-order valence-electron chi connectivity index (χ0n) is 11.4. The average Bonchev–Trinajstić information content (AvgIpc) is 2.85. The number of carbonyl (C=O) groups is 2. The summed E-state index contributed by atoms with van der Waals surface area (Å²) in [5, 5.41) is 9.16. The van der Waals surface area contributed by atoms with E-state index in [0.717, 1.165) is 12.8 Å². The molecule has 0 radical (unpaired) electrons. The van der Waals surface area contributed by atoms with E-state index < -0.39 is 5.97 Å². The Hall–Kier alpha value is -1.85. The highest BCUT2D eigenvalue weighted by Crippen LogP contribution is 2.54. The zero-order chi connectivity index (χ0) is 14.0. The number of nitrogens with one attached hydrogen (secondary N) is 2. The van der Waals surface area contributed by atoms with Crippen LogP contribution in [0.1, 0.15) is 44.1 Å². The Morgan fingerprint density at radius 2 is 2.32 bits per heavy atom. The molecular formula is C13H19N3O3. The lowest BCUT2D eigenvalue weighted by Gasteiger charge is -2.06. The number of esters is 1. The van der Waals surface area contributed by atoms with Gasteiger partial charge in [-0.25, -0.2) is 4.79 Å². The predicted octanol–water partition coefficient (Wildman–Crippen LogP) is 1.96. The van der Waals surface area contributed by atoms with Crippen molar-refractivity contribution in [3.8, 4) is 0 Å². The van der Waals surface area contributed by atoms with Gasteiger partial charge in [0.25, 0.3) is 0 Å². The van der Waals surface area contributed by atoms with Crippen LogP contribution in [0.25, 0.3) is 0 Å². The summed E-state index contributed by atoms with van der Waals surface area (Å²) in [6.45, 7) is 6.22. The van der Waals surface area contributed by atoms with Crippen molar-refractivity contribution in [2.75, 3.05) is 11.9 Å². The summed E-state index contributed by atoms with van der Waals surface area (Å²) in [6, 6.07) is 1.49. The SMILES string of the molecule is CCOC(=O)c1cc(NC(=O)[C@H]2C[C@]2(C)CC)n[nH]1. The third-order valence-electron chi connectivity index (χ3n) is 3.80. The molecule has 1 heterocycles. The van der Waals surface area contributed by atoms with Gasteiger partial charge >= 0.3 is 5.97 Å². The minimum Gasteiger partial charge on any atom is -0.461 e. The Kier molecular flexibility index (Phi) is 3.59. The van der Waals surface area contributed by atoms with Crippen LogP contribution in [0.5, 0.6) is 0 Å². The summed E-state index contributed by atoms with van der Waals surface area (Å²) in [5.41, 5.74) is 0.357. The molecular weight excluding hydrogens is 246 g/mol. The first-order valence-corrected chi connectivity index (χ1v) is 6.53. The molecule has 2 rings (SSSR count). The van der Waals surface area contributed by atoms with E-state index in [2.05, 4.69) is 29.4 Å². The molecule has 1 saturated carbocycles. The zero-order valence-corrected chi connectivity index (χ0v) is 11.4. The van der Waals surface area contributed by atoms with Gasteiger partial charge in [0, 0.05) is 12.0 Å². The quantitative estimate of drug-likeness (QED) is 0.797. The van der Waals surface area contributed by atoms with Crippen molar-refractivity contribution >= 4 is 17.7 Å². The lowest BCUT2D eigenvalue weighted by atomic mass is 10.0. The van der Waals surface area contributed by atoms with Gasteiger partial charge in [-0.1, -0.05) is 13.8 Å². The largest absolute Gasteiger partial charge is 0.461 e. The highest BCUT2D eigenvalue weighted by atomic mass is 16.5. The van der Waals surface area contributed by atoms with E-state index in [1.54, 1.807) is 6.92 Å². The van der Waals surface area contributed by atoms with Crippen molar-refractivity contribution in [2.24, 2.45) is 11.3 Å². The maximum absolute atomic E-state index is 12.0. The van der Waals surface area contributed by atoms with E-state index in [1.165, 1.54) is 6.07 Å². The van der Waals surface area contributed by atoms with E-state index >= 15 is 0 Å². The second-order valence-electron chi connectivity index (χ2n) is 5.14. The standard InChI is InChI=1S/C13H19N3O3/c1-4-13(3)7-8(13)11(17)14-10-6-9(15-16-10)12(18)19-5-2/h6,8H,4-5,7H2,1-3H3,(H2,14,15,16,17)/t8-,13+/m1/s1. The van der Waals surface area contributed by atoms with Crippen molar-refractivity contribution in [3.05, 3.63) is 11.8 Å². The van der Waals surface area contributed by atoms with Crippen LogP contribution in [0.15, 0.2) is 6.07 Å². The smallest absolute Gasteiger partial charge is 0.356 e. The topological polar surface area (TPSA) is 84.1 Å². The Bertz CT molecular complexity index is 497. The molecule has 1 aliphatic rings. The van der Waals surface area contributed by atoms with Crippen molar-refractivity contribution in [2.45, 2.75) is 33.6 Å². The van der Waals surface area contributed by atoms with Gasteiger partial charge in [-0.2, -0.15) is 5.10 Å². The van der Waals surface area contributed by atoms with Gasteiger partial charge < -0.3 is 10.1 Å². The van der Waals surface area contributed by atoms with Crippen LogP contribution in [0, 0.1) is 11.3 Å². The van der Waals surface area contributed by atoms with Gasteiger partial charge in [0.1, 0.15) is 5.69 Å². The summed E-state index contributed by atoms with van der Waals surface area (Å²) >= 11 is 0. The Labute approximate surface area is 111 Å². The molecule has 2 atom stereocenters. The number of aromatic amines is 1. The number of carbonyl (C=O) groups excluding carboxylic acids is 2. The summed E-state index contributed by atoms with van der Waals surface area (Å²) in [6.07, 6.45) is 1.89. The molecule has 1 aromatic heterocycles. The number of amides is 1. The number of rotatable bonds is 5. The molecule has 0 aliphatic heterocycles. The molecule has 0 unspecified atom stereocenters. The van der Waals surface area contributed by atoms with Gasteiger partial charge in [-0.3, -0.25) is 9.89 Å². The molecule has 6 nitrogen and oxygen atoms in total. The number of aromatic nitrogens is 2. The molecule has 1 fully saturated rings. The van der Waals surface area contributed by atoms with Crippen LogP contribution >= 0.6 is 0 Å². The van der Waals surface area contributed by atoms with E-state index in [4.69, 9.17) is 4.74 Å². The summed E-state index contributed by atoms with van der Waals surface area (Å²) in [4.78, 5) is 23.4. The molecule has 0 aromatic carbocycles. The fourth-order valence-corrected chi connectivity index (χ4v) is 2.12. The van der Waals surface area contributed by atoms with E-state index in [0.29, 0.717) is 12.4 Å². The number of nitrogens with zero attached hydrogens (tertiary/aromatic N) is 1. The molecule has 19 heavy (non-hydrogen) atoms. The lowest BCUT2D eigenvalue weighted by molar-refractivity contribution is -0.118. The Morgan fingerprint density at radius 3 is 2.89 bits per heavy atom. The first-order valence-electron chi connectivity index (χ1n) is 6.53. The molecule has 0 saturated heterocycles. The number of H-pyrrole nitrogens is 1. The molecule has 1 aromatic rings. The second kappa shape index (κ2) is 5.03. The van der Waals surface area contributed by atoms with Gasteiger partial charge in [-0.15, -0.1) is 0 Å². The van der Waals surface area contributed by atoms with Crippen LogP contribution in [0.2, 0.25) is 0 Å². The molecule has 0 spiro atoms. The van der Waals surface area contributed by atoms with Crippen LogP contribution in [0.4, 0.5) is 5.82 Å². The number of hydrogen-bond donors (Lipinski definition) is 2. The predicted molar refractivity (Wildman–Crippen MR) is 69.7 cm³/mol. The first kappa shape index (κ1) is 13.6. The van der Waals surface area contributed by atoms with E-state index in [-0.39, 0.29) is 22.9 Å². The maximum atomic E-state index is 12.0. The van der Waals surface area contributed by atoms with Crippen molar-refractivity contribution in [1.29, 1.82) is 0 Å². The molecule has 2 N–H and O–H groups in total. The van der Waals surface area contributed by atoms with Gasteiger partial charge in [0.05, 0.1) is 6.61 Å². The fourth-order valence-electron chi connectivity index (χ4n) is 2.12. The average molecular weight is 265 g/mol. The second-order valence-corrected chi connectivity index (χ2v) is 5.14. The fraction of sp³-hybridized carbons (Fsp3) is 0.615. The Morgan fingerprint density at radius 1 is 1.58 bits per heavy atom. The third-order valence-corrected chi connectivity index (χ3v) is 3.80. The van der Waals surface area contributed by atoms with Crippen molar-refractivity contribution in [1.82, 2.24) is 10.2 Å². The van der Waals surface area contributed by atoms with Crippen molar-refractivity contribution in [3.63, 3.8) is 0 Å². The van der Waals surface area contributed by atoms with Gasteiger partial charge in [-0.05, 0) is 25.2 Å². The van der Waals surface area contributed by atoms with Crippen LogP contribution in [-0.2, 0) is 9.53 Å². The molecule has 1 amide bonds. The number of hydrogen-bond acceptors (Lipinski definition) is 4. The van der Waals surface area contributed by atoms with Crippen LogP contribution < -0.4 is 5.32 Å². The third kappa shape index (κ3) is 2.77. The highest BCUT2D eigenvalue weighted by molar-refractivity contribution is 5.95. The number of anilines is 1. The summed E-state index contributed by atoms with van der Waals surface area (Å²) in [7, 11) is 0. The first-order chi connectivity index (χ1) is 9.00. The van der Waals surface area contributed by atoms with Crippen LogP contribution in [-0.4, -0.2) is 28.7 Å². The summed E-state index contributed by atoms with van der Waals surface area (Å²) < 4.78 is 4.83. The maximum Gasteiger partial charge on any atom is 0.356 e. The number of ether oxygens (including phenoxy) is 1. The minimum atomic E-state index is -0.472. The molecule has 1 aliphatic carbocycles. The molecule has 6 heteroatoms. The van der Waals surface area contributed by atoms with Gasteiger partial charge in [0.2, 0.25) is 5.91 Å². The highest BCUT2D eigenvalue weighted by Gasteiger charge is 2.52. The van der Waals surface area contributed by atoms with Crippen LogP contribution in [0.3, 0.4) is 0 Å². The van der Waals surface area contributed by atoms with Crippen molar-refractivity contribution < 1.29 is 14.3 Å². The molecule has 104 valence electrons. The van der Waals surface area contributed by atoms with Gasteiger partial charge in [0.15, 0.2) is 5.82 Å². The molecule has 0 bridgehead atoms. The lowest BCUT2D eigenvalue weighted by Crippen LogP contribution is -2.17. The summed E-state index contributed by atoms with van der Waals surface area (Å²) in [5.74, 6) is -0.106. The van der Waals surface area contributed by atoms with E-state index in [1.807, 2.05) is 0 Å². The monoisotopic (exact) mass is 265 g/mol. The minimum absolute atomic E-state index is 0.0359. The Balaban J connectivity index is 1.94. The normalized spacial score (nSPS) is 24.9. The van der Waals surface area contributed by atoms with E-state index in [9.17, 15) is 9.59 Å².